The molecular weight excluding hydrogens is 265 g/mol. The Balaban J connectivity index is 1.63. The van der Waals surface area contributed by atoms with E-state index < -0.39 is 0 Å². The van der Waals surface area contributed by atoms with Gasteiger partial charge in [-0.25, -0.2) is 14.4 Å². The van der Waals surface area contributed by atoms with Gasteiger partial charge in [0.25, 0.3) is 0 Å². The minimum Gasteiger partial charge on any atom is -0.312 e. The van der Waals surface area contributed by atoms with Gasteiger partial charge >= 0.3 is 0 Å². The van der Waals surface area contributed by atoms with Gasteiger partial charge < -0.3 is 5.32 Å². The van der Waals surface area contributed by atoms with Gasteiger partial charge in [0, 0.05) is 36.0 Å². The van der Waals surface area contributed by atoms with Crippen LogP contribution in [0, 0.1) is 19.7 Å². The lowest BCUT2D eigenvalue weighted by Crippen LogP contribution is -2.27. The van der Waals surface area contributed by atoms with Crippen molar-refractivity contribution in [2.45, 2.75) is 38.6 Å². The summed E-state index contributed by atoms with van der Waals surface area (Å²) in [5, 5.41) is 3.48. The Labute approximate surface area is 124 Å². The highest BCUT2D eigenvalue weighted by atomic mass is 19.1. The molecule has 1 aromatic heterocycles. The molecule has 0 atom stereocenters. The van der Waals surface area contributed by atoms with Crippen LogP contribution in [0.2, 0.25) is 0 Å². The quantitative estimate of drug-likeness (QED) is 0.917. The van der Waals surface area contributed by atoms with Crippen LogP contribution < -0.4 is 5.32 Å². The molecule has 1 aliphatic rings. The van der Waals surface area contributed by atoms with E-state index in [-0.39, 0.29) is 11.2 Å². The maximum absolute atomic E-state index is 13.4. The molecule has 3 nitrogen and oxygen atoms in total. The topological polar surface area (TPSA) is 37.8 Å². The van der Waals surface area contributed by atoms with E-state index in [2.05, 4.69) is 15.3 Å². The van der Waals surface area contributed by atoms with Crippen LogP contribution in [-0.4, -0.2) is 16.5 Å². The van der Waals surface area contributed by atoms with Crippen LogP contribution in [0.1, 0.15) is 35.5 Å². The lowest BCUT2D eigenvalue weighted by atomic mass is 9.96. The first-order valence-corrected chi connectivity index (χ1v) is 7.35. The van der Waals surface area contributed by atoms with Crippen molar-refractivity contribution >= 4 is 0 Å². The molecule has 1 aliphatic carbocycles. The summed E-state index contributed by atoms with van der Waals surface area (Å²) in [6.45, 7) is 5.52. The maximum Gasteiger partial charge on any atom is 0.125 e. The van der Waals surface area contributed by atoms with E-state index >= 15 is 0 Å². The molecule has 3 rings (SSSR count). The molecule has 0 radical (unpaired) electrons. The zero-order chi connectivity index (χ0) is 14.9. The van der Waals surface area contributed by atoms with E-state index in [1.807, 2.05) is 26.1 Å². The molecule has 2 aromatic rings. The molecule has 110 valence electrons. The Kier molecular flexibility index (Phi) is 3.72. The summed E-state index contributed by atoms with van der Waals surface area (Å²) in [5.41, 5.74) is 3.36. The zero-order valence-corrected chi connectivity index (χ0v) is 12.5. The number of hydrogen-bond donors (Lipinski definition) is 1. The lowest BCUT2D eigenvalue weighted by molar-refractivity contribution is 0.563. The summed E-state index contributed by atoms with van der Waals surface area (Å²) in [7, 11) is 0. The van der Waals surface area contributed by atoms with Crippen LogP contribution >= 0.6 is 0 Å². The van der Waals surface area contributed by atoms with Crippen molar-refractivity contribution in [1.29, 1.82) is 0 Å². The van der Waals surface area contributed by atoms with Crippen molar-refractivity contribution in [3.63, 3.8) is 0 Å². The molecule has 1 saturated carbocycles. The van der Waals surface area contributed by atoms with E-state index in [9.17, 15) is 4.39 Å². The highest BCUT2D eigenvalue weighted by Gasteiger charge is 2.43. The van der Waals surface area contributed by atoms with Crippen LogP contribution in [0.3, 0.4) is 0 Å². The summed E-state index contributed by atoms with van der Waals surface area (Å²) in [4.78, 5) is 8.61. The van der Waals surface area contributed by atoms with Gasteiger partial charge in [0.05, 0.1) is 0 Å². The Morgan fingerprint density at radius 2 is 2.10 bits per heavy atom. The van der Waals surface area contributed by atoms with E-state index in [0.29, 0.717) is 0 Å². The normalized spacial score (nSPS) is 16.0. The molecule has 1 aromatic carbocycles. The summed E-state index contributed by atoms with van der Waals surface area (Å²) in [6, 6.07) is 6.98. The van der Waals surface area contributed by atoms with E-state index in [1.165, 1.54) is 6.07 Å². The van der Waals surface area contributed by atoms with Gasteiger partial charge in [-0.05, 0) is 44.4 Å². The zero-order valence-electron chi connectivity index (χ0n) is 12.5. The van der Waals surface area contributed by atoms with Crippen LogP contribution in [0.5, 0.6) is 0 Å². The van der Waals surface area contributed by atoms with E-state index in [1.54, 1.807) is 12.1 Å². The average molecular weight is 285 g/mol. The van der Waals surface area contributed by atoms with Crippen molar-refractivity contribution in [3.8, 4) is 0 Å². The molecule has 0 aliphatic heterocycles. The molecule has 0 spiro atoms. The van der Waals surface area contributed by atoms with Crippen molar-refractivity contribution in [2.24, 2.45) is 0 Å². The van der Waals surface area contributed by atoms with Crippen molar-refractivity contribution < 1.29 is 4.39 Å². The second kappa shape index (κ2) is 5.53. The first kappa shape index (κ1) is 14.1. The van der Waals surface area contributed by atoms with E-state index in [0.717, 1.165) is 48.6 Å². The molecule has 1 N–H and O–H groups in total. The van der Waals surface area contributed by atoms with Crippen molar-refractivity contribution in [3.05, 3.63) is 58.9 Å². The maximum atomic E-state index is 13.4. The second-order valence-electron chi connectivity index (χ2n) is 5.92. The number of nitrogens with one attached hydrogen (secondary N) is 1. The molecule has 0 amide bonds. The Morgan fingerprint density at radius 1 is 1.29 bits per heavy atom. The predicted octanol–water partition coefficient (Wildman–Crippen LogP) is 3.05. The fraction of sp³-hybridized carbons (Fsp3) is 0.412. The van der Waals surface area contributed by atoms with Gasteiger partial charge in [0.2, 0.25) is 0 Å². The van der Waals surface area contributed by atoms with Gasteiger partial charge in [-0.1, -0.05) is 12.1 Å². The second-order valence-corrected chi connectivity index (χ2v) is 5.92. The Hall–Kier alpha value is -1.81. The number of nitrogens with zero attached hydrogens (tertiary/aromatic N) is 2. The number of benzene rings is 1. The minimum atomic E-state index is -0.151. The smallest absolute Gasteiger partial charge is 0.125 e. The molecular formula is C17H20FN3. The third-order valence-electron chi connectivity index (χ3n) is 4.27. The van der Waals surface area contributed by atoms with Crippen molar-refractivity contribution in [2.75, 3.05) is 6.54 Å². The number of hydrogen-bond acceptors (Lipinski definition) is 3. The summed E-state index contributed by atoms with van der Waals surface area (Å²) in [5.74, 6) is 0.649. The molecule has 21 heavy (non-hydrogen) atoms. The monoisotopic (exact) mass is 285 g/mol. The largest absolute Gasteiger partial charge is 0.312 e. The SMILES string of the molecule is Cc1ncc(CNCC2(c3cccc(F)c3)CC2)c(C)n1. The molecule has 4 heteroatoms. The number of aryl methyl sites for hydroxylation is 2. The first-order chi connectivity index (χ1) is 10.1. The van der Waals surface area contributed by atoms with Gasteiger partial charge in [0.1, 0.15) is 11.6 Å². The van der Waals surface area contributed by atoms with Gasteiger partial charge in [0.15, 0.2) is 0 Å². The fourth-order valence-electron chi connectivity index (χ4n) is 2.75. The molecule has 1 fully saturated rings. The predicted molar refractivity (Wildman–Crippen MR) is 80.5 cm³/mol. The van der Waals surface area contributed by atoms with Gasteiger partial charge in [-0.15, -0.1) is 0 Å². The Morgan fingerprint density at radius 3 is 2.76 bits per heavy atom. The third-order valence-corrected chi connectivity index (χ3v) is 4.27. The van der Waals surface area contributed by atoms with Gasteiger partial charge in [-0.2, -0.15) is 0 Å². The van der Waals surface area contributed by atoms with Crippen molar-refractivity contribution in [1.82, 2.24) is 15.3 Å². The number of aromatic nitrogens is 2. The fourth-order valence-corrected chi connectivity index (χ4v) is 2.75. The van der Waals surface area contributed by atoms with E-state index in [4.69, 9.17) is 0 Å². The highest BCUT2D eigenvalue weighted by molar-refractivity contribution is 5.32. The summed E-state index contributed by atoms with van der Waals surface area (Å²) < 4.78 is 13.4. The highest BCUT2D eigenvalue weighted by Crippen LogP contribution is 2.47. The molecule has 0 saturated heterocycles. The number of rotatable bonds is 5. The van der Waals surface area contributed by atoms with Crippen LogP contribution in [-0.2, 0) is 12.0 Å². The lowest BCUT2D eigenvalue weighted by Gasteiger charge is -2.17. The number of halogens is 1. The minimum absolute atomic E-state index is 0.113. The average Bonchev–Trinajstić information content (AvgIpc) is 3.22. The third kappa shape index (κ3) is 3.10. The molecule has 1 heterocycles. The van der Waals surface area contributed by atoms with Crippen LogP contribution in [0.4, 0.5) is 4.39 Å². The summed E-state index contributed by atoms with van der Waals surface area (Å²) in [6.07, 6.45) is 4.12. The Bertz CT molecular complexity index is 650. The van der Waals surface area contributed by atoms with Crippen LogP contribution in [0.15, 0.2) is 30.5 Å². The molecule has 0 unspecified atom stereocenters. The summed E-state index contributed by atoms with van der Waals surface area (Å²) >= 11 is 0. The standard InChI is InChI=1S/C17H20FN3/c1-12-14(10-20-13(2)21-12)9-19-11-17(6-7-17)15-4-3-5-16(18)8-15/h3-5,8,10,19H,6-7,9,11H2,1-2H3. The van der Waals surface area contributed by atoms with Crippen LogP contribution in [0.25, 0.3) is 0 Å². The first-order valence-electron chi connectivity index (χ1n) is 7.35. The molecule has 0 bridgehead atoms. The van der Waals surface area contributed by atoms with Gasteiger partial charge in [-0.3, -0.25) is 0 Å².